The molecule has 0 bridgehead atoms. The van der Waals surface area contributed by atoms with Crippen molar-refractivity contribution < 1.29 is 9.15 Å². The maximum absolute atomic E-state index is 6.16. The molecule has 0 spiro atoms. The van der Waals surface area contributed by atoms with Crippen LogP contribution in [-0.2, 0) is 13.2 Å². The van der Waals surface area contributed by atoms with E-state index in [-0.39, 0.29) is 0 Å². The minimum Gasteiger partial charge on any atom is -0.486 e. The summed E-state index contributed by atoms with van der Waals surface area (Å²) in [7, 11) is 0. The van der Waals surface area contributed by atoms with Gasteiger partial charge in [-0.15, -0.1) is 0 Å². The summed E-state index contributed by atoms with van der Waals surface area (Å²) in [5, 5.41) is 4.09. The summed E-state index contributed by atoms with van der Waals surface area (Å²) in [5.74, 6) is 2.60. The molecule has 0 unspecified atom stereocenters. The predicted octanol–water partition coefficient (Wildman–Crippen LogP) is 4.55. The second-order valence-corrected chi connectivity index (χ2v) is 5.61. The Morgan fingerprint density at radius 2 is 1.81 bits per heavy atom. The van der Waals surface area contributed by atoms with Gasteiger partial charge in [-0.2, -0.15) is 0 Å². The number of hydrogen-bond donors (Lipinski definition) is 1. The Morgan fingerprint density at radius 1 is 1.14 bits per heavy atom. The topological polar surface area (TPSA) is 34.4 Å². The summed E-state index contributed by atoms with van der Waals surface area (Å²) in [6.07, 6.45) is 0. The van der Waals surface area contributed by atoms with Gasteiger partial charge in [0, 0.05) is 17.1 Å². The van der Waals surface area contributed by atoms with Crippen molar-refractivity contribution in [3.63, 3.8) is 0 Å². The third kappa shape index (κ3) is 4.02. The fourth-order valence-electron chi connectivity index (χ4n) is 2.24. The van der Waals surface area contributed by atoms with Crippen molar-refractivity contribution >= 4 is 11.6 Å². The molecule has 1 aromatic heterocycles. The van der Waals surface area contributed by atoms with Crippen LogP contribution in [0.1, 0.15) is 35.1 Å². The lowest BCUT2D eigenvalue weighted by molar-refractivity contribution is 0.267. The van der Waals surface area contributed by atoms with Crippen LogP contribution in [0.5, 0.6) is 5.75 Å². The number of halogens is 1. The Labute approximate surface area is 131 Å². The van der Waals surface area contributed by atoms with E-state index in [0.717, 1.165) is 46.5 Å². The minimum absolute atomic E-state index is 0.424. The van der Waals surface area contributed by atoms with Gasteiger partial charge in [0.2, 0.25) is 0 Å². The molecule has 1 aromatic carbocycles. The van der Waals surface area contributed by atoms with E-state index < -0.39 is 0 Å². The lowest BCUT2D eigenvalue weighted by Gasteiger charge is -2.08. The van der Waals surface area contributed by atoms with Crippen molar-refractivity contribution in [1.82, 2.24) is 5.32 Å². The van der Waals surface area contributed by atoms with Crippen molar-refractivity contribution in [3.05, 3.63) is 51.4 Å². The van der Waals surface area contributed by atoms with Gasteiger partial charge in [0.1, 0.15) is 23.9 Å². The number of hydrogen-bond acceptors (Lipinski definition) is 3. The van der Waals surface area contributed by atoms with Crippen LogP contribution in [0.15, 0.2) is 22.6 Å². The van der Waals surface area contributed by atoms with Crippen LogP contribution in [0.2, 0.25) is 5.02 Å². The van der Waals surface area contributed by atoms with E-state index >= 15 is 0 Å². The first kappa shape index (κ1) is 15.9. The summed E-state index contributed by atoms with van der Waals surface area (Å²) in [6, 6.07) is 5.95. The maximum atomic E-state index is 6.16. The summed E-state index contributed by atoms with van der Waals surface area (Å²) in [4.78, 5) is 0. The molecule has 1 heterocycles. The van der Waals surface area contributed by atoms with E-state index in [1.165, 1.54) is 5.56 Å². The Bertz CT molecular complexity index is 596. The SMILES string of the molecule is CCNCc1cc(COc2cc(C)c(Cl)c(C)c2)oc1C. The maximum Gasteiger partial charge on any atom is 0.146 e. The van der Waals surface area contributed by atoms with Crippen molar-refractivity contribution in [2.45, 2.75) is 40.8 Å². The number of ether oxygens (including phenoxy) is 1. The van der Waals surface area contributed by atoms with Gasteiger partial charge in [-0.1, -0.05) is 18.5 Å². The molecule has 0 aliphatic rings. The standard InChI is InChI=1S/C17H22ClNO2/c1-5-19-9-14-8-16(21-13(14)4)10-20-15-6-11(2)17(18)12(3)7-15/h6-8,19H,5,9-10H2,1-4H3. The molecule has 0 saturated carbocycles. The first-order valence-electron chi connectivity index (χ1n) is 7.19. The minimum atomic E-state index is 0.424. The highest BCUT2D eigenvalue weighted by molar-refractivity contribution is 6.32. The zero-order chi connectivity index (χ0) is 15.4. The highest BCUT2D eigenvalue weighted by atomic mass is 35.5. The zero-order valence-electron chi connectivity index (χ0n) is 13.0. The molecular formula is C17H22ClNO2. The molecule has 3 nitrogen and oxygen atoms in total. The third-order valence-corrected chi connectivity index (χ3v) is 4.02. The van der Waals surface area contributed by atoms with Gasteiger partial charge in [-0.05, 0) is 56.6 Å². The summed E-state index contributed by atoms with van der Waals surface area (Å²) >= 11 is 6.16. The van der Waals surface area contributed by atoms with Crippen LogP contribution < -0.4 is 10.1 Å². The van der Waals surface area contributed by atoms with E-state index in [4.69, 9.17) is 20.8 Å². The van der Waals surface area contributed by atoms with E-state index in [0.29, 0.717) is 6.61 Å². The Balaban J connectivity index is 2.03. The number of rotatable bonds is 6. The highest BCUT2D eigenvalue weighted by Crippen LogP contribution is 2.26. The number of benzene rings is 1. The Hall–Kier alpha value is -1.45. The average Bonchev–Trinajstić information content (AvgIpc) is 2.80. The summed E-state index contributed by atoms with van der Waals surface area (Å²) in [5.41, 5.74) is 3.23. The van der Waals surface area contributed by atoms with Crippen LogP contribution in [0.3, 0.4) is 0 Å². The lowest BCUT2D eigenvalue weighted by atomic mass is 10.1. The monoisotopic (exact) mass is 307 g/mol. The molecular weight excluding hydrogens is 286 g/mol. The molecule has 0 atom stereocenters. The van der Waals surface area contributed by atoms with E-state index in [1.807, 2.05) is 39.0 Å². The fraction of sp³-hybridized carbons (Fsp3) is 0.412. The first-order chi connectivity index (χ1) is 10.0. The van der Waals surface area contributed by atoms with Gasteiger partial charge in [0.05, 0.1) is 0 Å². The molecule has 4 heteroatoms. The first-order valence-corrected chi connectivity index (χ1v) is 7.57. The molecule has 0 fully saturated rings. The number of aryl methyl sites for hydroxylation is 3. The van der Waals surface area contributed by atoms with Gasteiger partial charge in [0.25, 0.3) is 0 Å². The van der Waals surface area contributed by atoms with Gasteiger partial charge < -0.3 is 14.5 Å². The number of nitrogens with one attached hydrogen (secondary N) is 1. The molecule has 2 aromatic rings. The van der Waals surface area contributed by atoms with Crippen LogP contribution >= 0.6 is 11.6 Å². The summed E-state index contributed by atoms with van der Waals surface area (Å²) < 4.78 is 11.5. The van der Waals surface area contributed by atoms with Crippen molar-refractivity contribution in [1.29, 1.82) is 0 Å². The smallest absolute Gasteiger partial charge is 0.146 e. The quantitative estimate of drug-likeness (QED) is 0.850. The Kier molecular flexibility index (Phi) is 5.32. The molecule has 0 radical (unpaired) electrons. The van der Waals surface area contributed by atoms with Crippen molar-refractivity contribution in [2.75, 3.05) is 6.54 Å². The van der Waals surface area contributed by atoms with Gasteiger partial charge in [-0.25, -0.2) is 0 Å². The van der Waals surface area contributed by atoms with Gasteiger partial charge in [-0.3, -0.25) is 0 Å². The molecule has 114 valence electrons. The molecule has 0 aliphatic carbocycles. The number of furan rings is 1. The van der Waals surface area contributed by atoms with Crippen LogP contribution in [0.25, 0.3) is 0 Å². The molecule has 21 heavy (non-hydrogen) atoms. The largest absolute Gasteiger partial charge is 0.486 e. The van der Waals surface area contributed by atoms with Crippen molar-refractivity contribution in [3.8, 4) is 5.75 Å². The normalized spacial score (nSPS) is 10.9. The van der Waals surface area contributed by atoms with Crippen LogP contribution in [0.4, 0.5) is 0 Å². The Morgan fingerprint density at radius 3 is 2.43 bits per heavy atom. The van der Waals surface area contributed by atoms with E-state index in [9.17, 15) is 0 Å². The molecule has 0 saturated heterocycles. The predicted molar refractivity (Wildman–Crippen MR) is 86.1 cm³/mol. The van der Waals surface area contributed by atoms with E-state index in [1.54, 1.807) is 0 Å². The second-order valence-electron chi connectivity index (χ2n) is 5.23. The highest BCUT2D eigenvalue weighted by Gasteiger charge is 2.09. The third-order valence-electron chi connectivity index (χ3n) is 3.43. The summed E-state index contributed by atoms with van der Waals surface area (Å²) in [6.45, 7) is 10.2. The molecule has 0 aliphatic heterocycles. The fourth-order valence-corrected chi connectivity index (χ4v) is 2.35. The molecule has 2 rings (SSSR count). The zero-order valence-corrected chi connectivity index (χ0v) is 13.8. The van der Waals surface area contributed by atoms with Gasteiger partial charge >= 0.3 is 0 Å². The van der Waals surface area contributed by atoms with Crippen LogP contribution in [0, 0.1) is 20.8 Å². The van der Waals surface area contributed by atoms with Crippen LogP contribution in [-0.4, -0.2) is 6.54 Å². The molecule has 0 amide bonds. The second kappa shape index (κ2) is 7.01. The molecule has 1 N–H and O–H groups in total. The van der Waals surface area contributed by atoms with Gasteiger partial charge in [0.15, 0.2) is 0 Å². The average molecular weight is 308 g/mol. The van der Waals surface area contributed by atoms with Crippen molar-refractivity contribution in [2.24, 2.45) is 0 Å². The lowest BCUT2D eigenvalue weighted by Crippen LogP contribution is -2.11. The van der Waals surface area contributed by atoms with E-state index in [2.05, 4.69) is 12.2 Å².